The third-order valence-corrected chi connectivity index (χ3v) is 5.17. The summed E-state index contributed by atoms with van der Waals surface area (Å²) in [6.45, 7) is 0. The van der Waals surface area contributed by atoms with Crippen molar-refractivity contribution in [2.75, 3.05) is 19.1 Å². The lowest BCUT2D eigenvalue weighted by Crippen LogP contribution is -2.41. The summed E-state index contributed by atoms with van der Waals surface area (Å²) in [4.78, 5) is 26.1. The Morgan fingerprint density at radius 2 is 1.66 bits per heavy atom. The van der Waals surface area contributed by atoms with Crippen molar-refractivity contribution in [3.8, 4) is 6.07 Å². The number of hydrogen-bond donors (Lipinski definition) is 1. The second-order valence-electron chi connectivity index (χ2n) is 7.12. The number of rotatable bonds is 4. The van der Waals surface area contributed by atoms with E-state index >= 15 is 4.39 Å². The summed E-state index contributed by atoms with van der Waals surface area (Å²) in [5.74, 6) is -8.08. The molecule has 12 heteroatoms. The van der Waals surface area contributed by atoms with Gasteiger partial charge in [0.15, 0.2) is 5.82 Å². The van der Waals surface area contributed by atoms with Crippen molar-refractivity contribution in [1.82, 2.24) is 0 Å². The largest absolute Gasteiger partial charge is 0.466 e. The molecule has 0 aromatic heterocycles. The van der Waals surface area contributed by atoms with Crippen molar-refractivity contribution in [1.29, 1.82) is 5.26 Å². The number of nitrogens with two attached hydrogens (primary N) is 1. The first-order chi connectivity index (χ1) is 16.5. The van der Waals surface area contributed by atoms with Crippen LogP contribution in [-0.4, -0.2) is 26.2 Å². The van der Waals surface area contributed by atoms with Crippen LogP contribution >= 0.6 is 0 Å². The van der Waals surface area contributed by atoms with E-state index < -0.39 is 69.6 Å². The van der Waals surface area contributed by atoms with E-state index in [0.29, 0.717) is 11.0 Å². The Morgan fingerprint density at radius 1 is 1.06 bits per heavy atom. The Labute approximate surface area is 195 Å². The standard InChI is InChI=1S/C23H16F5N3O4/c1-34-21(32)17-16(11-6-4-3-5-7-11)13(10-29)20(30)31(19(17)22(33)35-2)15-9-12(24)8-14(18(15)25)23(26,27)28/h3-9,16H,30H2,1-2H3. The van der Waals surface area contributed by atoms with E-state index in [9.17, 15) is 32.4 Å². The minimum atomic E-state index is -5.32. The van der Waals surface area contributed by atoms with Gasteiger partial charge < -0.3 is 15.2 Å². The second-order valence-corrected chi connectivity index (χ2v) is 7.12. The van der Waals surface area contributed by atoms with E-state index in [1.807, 2.05) is 0 Å². The van der Waals surface area contributed by atoms with Gasteiger partial charge in [0, 0.05) is 6.07 Å². The number of esters is 2. The number of ether oxygens (including phenoxy) is 2. The summed E-state index contributed by atoms with van der Waals surface area (Å²) < 4.78 is 79.0. The number of methoxy groups -OCH3 is 2. The minimum absolute atomic E-state index is 0.0800. The van der Waals surface area contributed by atoms with Crippen LogP contribution in [0.25, 0.3) is 0 Å². The molecule has 0 radical (unpaired) electrons. The predicted molar refractivity (Wildman–Crippen MR) is 111 cm³/mol. The summed E-state index contributed by atoms with van der Waals surface area (Å²) in [5, 5.41) is 9.87. The molecule has 1 aliphatic heterocycles. The van der Waals surface area contributed by atoms with Crippen molar-refractivity contribution < 1.29 is 41.0 Å². The third kappa shape index (κ3) is 4.40. The van der Waals surface area contributed by atoms with Crippen LogP contribution in [0.1, 0.15) is 17.0 Å². The number of nitriles is 1. The normalized spacial score (nSPS) is 16.2. The average molecular weight is 493 g/mol. The third-order valence-electron chi connectivity index (χ3n) is 5.17. The van der Waals surface area contributed by atoms with Crippen molar-refractivity contribution in [2.24, 2.45) is 5.73 Å². The molecule has 7 nitrogen and oxygen atoms in total. The SMILES string of the molecule is COC(=O)C1=C(C(=O)OC)N(c2cc(F)cc(C(F)(F)F)c2F)C(N)=C(C#N)C1c1ccccc1. The van der Waals surface area contributed by atoms with Crippen molar-refractivity contribution in [3.63, 3.8) is 0 Å². The fourth-order valence-corrected chi connectivity index (χ4v) is 3.71. The molecule has 2 aromatic rings. The number of carbonyl (C=O) groups excluding carboxylic acids is 2. The Kier molecular flexibility index (Phi) is 6.82. The van der Waals surface area contributed by atoms with Gasteiger partial charge >= 0.3 is 18.1 Å². The maximum absolute atomic E-state index is 15.1. The van der Waals surface area contributed by atoms with Crippen molar-refractivity contribution >= 4 is 17.6 Å². The quantitative estimate of drug-likeness (QED) is 0.509. The molecule has 3 rings (SSSR count). The topological polar surface area (TPSA) is 106 Å². The molecule has 1 unspecified atom stereocenters. The first kappa shape index (κ1) is 25.2. The summed E-state index contributed by atoms with van der Waals surface area (Å²) in [5.41, 5.74) is 1.35. The number of benzene rings is 2. The number of anilines is 1. The van der Waals surface area contributed by atoms with E-state index in [0.717, 1.165) is 14.2 Å². The molecule has 182 valence electrons. The summed E-state index contributed by atoms with van der Waals surface area (Å²) >= 11 is 0. The lowest BCUT2D eigenvalue weighted by atomic mass is 9.81. The fourth-order valence-electron chi connectivity index (χ4n) is 3.71. The van der Waals surface area contributed by atoms with E-state index in [-0.39, 0.29) is 11.6 Å². The van der Waals surface area contributed by atoms with Gasteiger partial charge in [-0.1, -0.05) is 30.3 Å². The molecule has 2 N–H and O–H groups in total. The molecule has 2 aromatic carbocycles. The van der Waals surface area contributed by atoms with Crippen LogP contribution in [0.3, 0.4) is 0 Å². The molecule has 1 heterocycles. The maximum atomic E-state index is 15.1. The Bertz CT molecular complexity index is 1300. The van der Waals surface area contributed by atoms with E-state index in [1.54, 1.807) is 24.3 Å². The molecule has 35 heavy (non-hydrogen) atoms. The van der Waals surface area contributed by atoms with E-state index in [1.165, 1.54) is 12.1 Å². The first-order valence-corrected chi connectivity index (χ1v) is 9.69. The number of hydrogen-bond acceptors (Lipinski definition) is 7. The van der Waals surface area contributed by atoms with Crippen LogP contribution in [-0.2, 0) is 25.2 Å². The van der Waals surface area contributed by atoms with Gasteiger partial charge in [-0.3, -0.25) is 4.90 Å². The zero-order valence-electron chi connectivity index (χ0n) is 18.1. The molecule has 0 aliphatic carbocycles. The monoisotopic (exact) mass is 493 g/mol. The molecule has 0 saturated carbocycles. The van der Waals surface area contributed by atoms with Crippen LogP contribution in [0, 0.1) is 23.0 Å². The lowest BCUT2D eigenvalue weighted by Gasteiger charge is -2.36. The maximum Gasteiger partial charge on any atom is 0.419 e. The van der Waals surface area contributed by atoms with Gasteiger partial charge in [-0.2, -0.15) is 18.4 Å². The van der Waals surface area contributed by atoms with Gasteiger partial charge in [-0.15, -0.1) is 0 Å². The van der Waals surface area contributed by atoms with Gasteiger partial charge in [-0.25, -0.2) is 18.4 Å². The minimum Gasteiger partial charge on any atom is -0.466 e. The zero-order valence-corrected chi connectivity index (χ0v) is 18.1. The van der Waals surface area contributed by atoms with Gasteiger partial charge in [0.05, 0.1) is 48.6 Å². The lowest BCUT2D eigenvalue weighted by molar-refractivity contribution is -0.140. The molecule has 0 saturated heterocycles. The molecule has 1 atom stereocenters. The molecule has 0 spiro atoms. The Hall–Kier alpha value is -4.40. The Balaban J connectivity index is 2.50. The number of carbonyl (C=O) groups is 2. The Morgan fingerprint density at radius 3 is 2.17 bits per heavy atom. The summed E-state index contributed by atoms with van der Waals surface area (Å²) in [7, 11) is 1.84. The van der Waals surface area contributed by atoms with Crippen LogP contribution in [0.2, 0.25) is 0 Å². The second kappa shape index (κ2) is 9.46. The molecular formula is C23H16F5N3O4. The molecule has 1 aliphatic rings. The van der Waals surface area contributed by atoms with Gasteiger partial charge in [-0.05, 0) is 11.6 Å². The number of alkyl halides is 3. The number of halogens is 5. The number of allylic oxidation sites excluding steroid dienone is 1. The van der Waals surface area contributed by atoms with Crippen LogP contribution in [0.5, 0.6) is 0 Å². The van der Waals surface area contributed by atoms with Gasteiger partial charge in [0.25, 0.3) is 0 Å². The van der Waals surface area contributed by atoms with Crippen molar-refractivity contribution in [3.05, 3.63) is 87.9 Å². The molecule has 0 fully saturated rings. The molecule has 0 amide bonds. The predicted octanol–water partition coefficient (Wildman–Crippen LogP) is 3.88. The number of nitrogens with zero attached hydrogens (tertiary/aromatic N) is 2. The van der Waals surface area contributed by atoms with E-state index in [4.69, 9.17) is 10.5 Å². The van der Waals surface area contributed by atoms with Crippen LogP contribution in [0.15, 0.2) is 65.1 Å². The highest BCUT2D eigenvalue weighted by Crippen LogP contribution is 2.45. The highest BCUT2D eigenvalue weighted by molar-refractivity contribution is 6.06. The van der Waals surface area contributed by atoms with Gasteiger partial charge in [0.2, 0.25) is 0 Å². The highest BCUT2D eigenvalue weighted by atomic mass is 19.4. The van der Waals surface area contributed by atoms with E-state index in [2.05, 4.69) is 4.74 Å². The average Bonchev–Trinajstić information content (AvgIpc) is 2.83. The first-order valence-electron chi connectivity index (χ1n) is 9.69. The fraction of sp³-hybridized carbons (Fsp3) is 0.174. The summed E-state index contributed by atoms with van der Waals surface area (Å²) in [6.07, 6.45) is -5.32. The summed E-state index contributed by atoms with van der Waals surface area (Å²) in [6, 6.07) is 9.74. The van der Waals surface area contributed by atoms with Crippen LogP contribution in [0.4, 0.5) is 27.6 Å². The zero-order chi connectivity index (χ0) is 26.1. The van der Waals surface area contributed by atoms with Gasteiger partial charge in [0.1, 0.15) is 17.3 Å². The van der Waals surface area contributed by atoms with Crippen molar-refractivity contribution in [2.45, 2.75) is 12.1 Å². The molecular weight excluding hydrogens is 477 g/mol. The van der Waals surface area contributed by atoms with Crippen LogP contribution < -0.4 is 10.6 Å². The highest BCUT2D eigenvalue weighted by Gasteiger charge is 2.45. The molecule has 0 bridgehead atoms. The smallest absolute Gasteiger partial charge is 0.419 e.